The van der Waals surface area contributed by atoms with Gasteiger partial charge in [-0.25, -0.2) is 0 Å². The Labute approximate surface area is 125 Å². The Morgan fingerprint density at radius 1 is 1.14 bits per heavy atom. The lowest BCUT2D eigenvalue weighted by Gasteiger charge is -2.12. The third-order valence-electron chi connectivity index (χ3n) is 3.42. The zero-order valence-corrected chi connectivity index (χ0v) is 12.2. The highest BCUT2D eigenvalue weighted by Crippen LogP contribution is 2.26. The maximum atomic E-state index is 11.3. The van der Waals surface area contributed by atoms with E-state index < -0.39 is 5.91 Å². The van der Waals surface area contributed by atoms with E-state index in [9.17, 15) is 4.79 Å². The van der Waals surface area contributed by atoms with Gasteiger partial charge in [0.15, 0.2) is 0 Å². The van der Waals surface area contributed by atoms with Crippen LogP contribution in [0.5, 0.6) is 0 Å². The van der Waals surface area contributed by atoms with E-state index in [1.165, 1.54) is 18.4 Å². The molecule has 0 atom stereocenters. The van der Waals surface area contributed by atoms with Crippen molar-refractivity contribution in [3.63, 3.8) is 0 Å². The van der Waals surface area contributed by atoms with E-state index >= 15 is 0 Å². The first-order valence-electron chi connectivity index (χ1n) is 7.16. The highest BCUT2D eigenvalue weighted by Gasteiger charge is 2.09. The van der Waals surface area contributed by atoms with Gasteiger partial charge in [-0.15, -0.1) is 0 Å². The second-order valence-electron chi connectivity index (χ2n) is 5.06. The maximum Gasteiger partial charge on any atom is 0.250 e. The summed E-state index contributed by atoms with van der Waals surface area (Å²) in [6, 6.07) is 13.4. The van der Waals surface area contributed by atoms with Crippen LogP contribution in [0.2, 0.25) is 0 Å². The number of nitrogen functional groups attached to an aromatic ring is 1. The predicted molar refractivity (Wildman–Crippen MR) is 87.7 cm³/mol. The summed E-state index contributed by atoms with van der Waals surface area (Å²) in [6.45, 7) is 2.18. The molecule has 0 saturated heterocycles. The summed E-state index contributed by atoms with van der Waals surface area (Å²) < 4.78 is 0. The van der Waals surface area contributed by atoms with Gasteiger partial charge in [-0.3, -0.25) is 4.79 Å². The highest BCUT2D eigenvalue weighted by atomic mass is 16.1. The van der Waals surface area contributed by atoms with Crippen LogP contribution in [0.1, 0.15) is 35.7 Å². The fraction of sp³-hybridized carbons (Fsp3) is 0.235. The molecule has 0 aliphatic carbocycles. The van der Waals surface area contributed by atoms with Crippen molar-refractivity contribution in [1.29, 1.82) is 0 Å². The average molecular weight is 283 g/mol. The summed E-state index contributed by atoms with van der Waals surface area (Å²) in [5, 5.41) is 3.22. The van der Waals surface area contributed by atoms with E-state index in [4.69, 9.17) is 11.5 Å². The molecule has 110 valence electrons. The van der Waals surface area contributed by atoms with E-state index in [1.54, 1.807) is 12.1 Å². The van der Waals surface area contributed by atoms with Crippen LogP contribution < -0.4 is 16.8 Å². The van der Waals surface area contributed by atoms with Gasteiger partial charge in [0.1, 0.15) is 0 Å². The third kappa shape index (κ3) is 3.75. The van der Waals surface area contributed by atoms with Crippen molar-refractivity contribution < 1.29 is 4.79 Å². The predicted octanol–water partition coefficient (Wildman–Crippen LogP) is 3.45. The van der Waals surface area contributed by atoms with Crippen LogP contribution in [0.15, 0.2) is 42.5 Å². The molecule has 0 bridgehead atoms. The number of nitrogens with one attached hydrogen (secondary N) is 1. The Morgan fingerprint density at radius 3 is 2.48 bits per heavy atom. The van der Waals surface area contributed by atoms with Gasteiger partial charge in [0.25, 0.3) is 5.91 Å². The Bertz CT molecular complexity index is 620. The highest BCUT2D eigenvalue weighted by molar-refractivity contribution is 6.01. The van der Waals surface area contributed by atoms with Crippen LogP contribution in [0.25, 0.3) is 0 Å². The molecule has 0 aromatic heterocycles. The van der Waals surface area contributed by atoms with Crippen LogP contribution in [0.4, 0.5) is 17.1 Å². The number of amides is 1. The zero-order chi connectivity index (χ0) is 15.2. The van der Waals surface area contributed by atoms with Crippen molar-refractivity contribution in [2.45, 2.75) is 26.2 Å². The molecule has 0 heterocycles. The first-order valence-corrected chi connectivity index (χ1v) is 7.16. The number of unbranched alkanes of at least 4 members (excludes halogenated alkanes) is 1. The van der Waals surface area contributed by atoms with Crippen LogP contribution in [0.3, 0.4) is 0 Å². The topological polar surface area (TPSA) is 81.1 Å². The summed E-state index contributed by atoms with van der Waals surface area (Å²) in [5.74, 6) is -0.522. The smallest absolute Gasteiger partial charge is 0.250 e. The zero-order valence-electron chi connectivity index (χ0n) is 12.2. The molecule has 0 aliphatic rings. The van der Waals surface area contributed by atoms with Gasteiger partial charge >= 0.3 is 0 Å². The number of anilines is 3. The van der Waals surface area contributed by atoms with E-state index in [0.717, 1.165) is 12.1 Å². The fourth-order valence-electron chi connectivity index (χ4n) is 2.18. The van der Waals surface area contributed by atoms with E-state index in [0.29, 0.717) is 16.9 Å². The van der Waals surface area contributed by atoms with Crippen LogP contribution in [-0.4, -0.2) is 5.91 Å². The third-order valence-corrected chi connectivity index (χ3v) is 3.42. The molecule has 5 N–H and O–H groups in total. The van der Waals surface area contributed by atoms with Gasteiger partial charge in [-0.1, -0.05) is 31.5 Å². The molecule has 2 rings (SSSR count). The second-order valence-corrected chi connectivity index (χ2v) is 5.06. The Balaban J connectivity index is 2.15. The largest absolute Gasteiger partial charge is 0.396 e. The quantitative estimate of drug-likeness (QED) is 0.710. The standard InChI is InChI=1S/C17H21N3O/c1-2-3-5-12-8-10-13(11-9-12)20-15-7-4-6-14(16(15)18)17(19)21/h4,6-11,20H,2-3,5,18H2,1H3,(H2,19,21). The number of benzene rings is 2. The van der Waals surface area contributed by atoms with Crippen molar-refractivity contribution in [2.75, 3.05) is 11.1 Å². The molecule has 4 nitrogen and oxygen atoms in total. The summed E-state index contributed by atoms with van der Waals surface area (Å²) in [6.07, 6.45) is 3.48. The Morgan fingerprint density at radius 2 is 1.86 bits per heavy atom. The minimum Gasteiger partial charge on any atom is -0.396 e. The number of rotatable bonds is 6. The number of para-hydroxylation sites is 1. The first kappa shape index (κ1) is 14.9. The van der Waals surface area contributed by atoms with Gasteiger partial charge in [0, 0.05) is 5.69 Å². The van der Waals surface area contributed by atoms with Crippen LogP contribution in [0, 0.1) is 0 Å². The van der Waals surface area contributed by atoms with Gasteiger partial charge in [-0.2, -0.15) is 0 Å². The summed E-state index contributed by atoms with van der Waals surface area (Å²) in [5.41, 5.74) is 14.9. The molecule has 2 aromatic rings. The number of nitrogens with two attached hydrogens (primary N) is 2. The minimum absolute atomic E-state index is 0.333. The van der Waals surface area contributed by atoms with Crippen molar-refractivity contribution in [2.24, 2.45) is 5.73 Å². The Kier molecular flexibility index (Phi) is 4.82. The van der Waals surface area contributed by atoms with Crippen LogP contribution >= 0.6 is 0 Å². The normalized spacial score (nSPS) is 10.3. The van der Waals surface area contributed by atoms with Gasteiger partial charge in [0.2, 0.25) is 0 Å². The first-order chi connectivity index (χ1) is 10.1. The second kappa shape index (κ2) is 6.79. The lowest BCUT2D eigenvalue weighted by molar-refractivity contribution is 0.100. The maximum absolute atomic E-state index is 11.3. The van der Waals surface area contributed by atoms with Crippen molar-refractivity contribution >= 4 is 23.0 Å². The number of hydrogen-bond acceptors (Lipinski definition) is 3. The number of carbonyl (C=O) groups excluding carboxylic acids is 1. The monoisotopic (exact) mass is 283 g/mol. The number of hydrogen-bond donors (Lipinski definition) is 3. The molecule has 0 unspecified atom stereocenters. The minimum atomic E-state index is -0.522. The van der Waals surface area contributed by atoms with Gasteiger partial charge < -0.3 is 16.8 Å². The molecular formula is C17H21N3O. The fourth-order valence-corrected chi connectivity index (χ4v) is 2.18. The SMILES string of the molecule is CCCCc1ccc(Nc2cccc(C(N)=O)c2N)cc1. The molecule has 2 aromatic carbocycles. The molecule has 1 amide bonds. The van der Waals surface area contributed by atoms with Gasteiger partial charge in [0.05, 0.1) is 16.9 Å². The lowest BCUT2D eigenvalue weighted by atomic mass is 10.1. The molecule has 0 saturated carbocycles. The Hall–Kier alpha value is -2.49. The molecule has 0 radical (unpaired) electrons. The summed E-state index contributed by atoms with van der Waals surface area (Å²) >= 11 is 0. The average Bonchev–Trinajstić information content (AvgIpc) is 2.48. The van der Waals surface area contributed by atoms with E-state index in [1.807, 2.05) is 18.2 Å². The van der Waals surface area contributed by atoms with Crippen molar-refractivity contribution in [3.8, 4) is 0 Å². The molecular weight excluding hydrogens is 262 g/mol. The molecule has 21 heavy (non-hydrogen) atoms. The summed E-state index contributed by atoms with van der Waals surface area (Å²) in [4.78, 5) is 11.3. The molecule has 0 fully saturated rings. The van der Waals surface area contributed by atoms with Gasteiger partial charge in [-0.05, 0) is 42.7 Å². The lowest BCUT2D eigenvalue weighted by Crippen LogP contribution is -2.14. The molecule has 0 aliphatic heterocycles. The number of aryl methyl sites for hydroxylation is 1. The van der Waals surface area contributed by atoms with Crippen LogP contribution in [-0.2, 0) is 6.42 Å². The number of primary amides is 1. The number of carbonyl (C=O) groups is 1. The van der Waals surface area contributed by atoms with Crippen molar-refractivity contribution in [1.82, 2.24) is 0 Å². The summed E-state index contributed by atoms with van der Waals surface area (Å²) in [7, 11) is 0. The molecule has 0 spiro atoms. The van der Waals surface area contributed by atoms with E-state index in [2.05, 4.69) is 24.4 Å². The van der Waals surface area contributed by atoms with E-state index in [-0.39, 0.29) is 0 Å². The molecule has 4 heteroatoms. The van der Waals surface area contributed by atoms with Crippen molar-refractivity contribution in [3.05, 3.63) is 53.6 Å².